The first-order valence-corrected chi connectivity index (χ1v) is 8.81. The predicted octanol–water partition coefficient (Wildman–Crippen LogP) is 2.55. The van der Waals surface area contributed by atoms with Gasteiger partial charge in [-0.2, -0.15) is 0 Å². The molecule has 6 nitrogen and oxygen atoms in total. The molecule has 140 valence electrons. The van der Waals surface area contributed by atoms with Gasteiger partial charge in [-0.25, -0.2) is 0 Å². The van der Waals surface area contributed by atoms with E-state index < -0.39 is 11.9 Å². The molecule has 1 saturated heterocycles. The summed E-state index contributed by atoms with van der Waals surface area (Å²) in [5.41, 5.74) is 2.59. The molecule has 1 aliphatic heterocycles. The van der Waals surface area contributed by atoms with Gasteiger partial charge in [0.2, 0.25) is 5.91 Å². The van der Waals surface area contributed by atoms with Crippen LogP contribution < -0.4 is 9.80 Å². The Kier molecular flexibility index (Phi) is 5.54. The van der Waals surface area contributed by atoms with Gasteiger partial charge in [0.05, 0.1) is 5.92 Å². The quantitative estimate of drug-likeness (QED) is 0.763. The molecule has 0 N–H and O–H groups in total. The van der Waals surface area contributed by atoms with Gasteiger partial charge in [-0.05, 0) is 31.2 Å². The number of nitrogens with zero attached hydrogens (tertiary/aromatic N) is 2. The predicted molar refractivity (Wildman–Crippen MR) is 102 cm³/mol. The second-order valence-corrected chi connectivity index (χ2v) is 6.64. The van der Waals surface area contributed by atoms with Gasteiger partial charge in [0.1, 0.15) is 0 Å². The van der Waals surface area contributed by atoms with Crippen molar-refractivity contribution in [3.05, 3.63) is 60.2 Å². The number of carbonyl (C=O) groups excluding carboxylic acids is 3. The van der Waals surface area contributed by atoms with E-state index in [1.807, 2.05) is 49.4 Å². The molecule has 0 bridgehead atoms. The summed E-state index contributed by atoms with van der Waals surface area (Å²) in [6.45, 7) is 1.89. The maximum Gasteiger partial charge on any atom is 0.311 e. The number of benzene rings is 2. The van der Waals surface area contributed by atoms with Crippen molar-refractivity contribution in [2.24, 2.45) is 5.92 Å². The number of rotatable bonds is 5. The van der Waals surface area contributed by atoms with Crippen LogP contribution in [0, 0.1) is 12.8 Å². The van der Waals surface area contributed by atoms with E-state index in [0.29, 0.717) is 0 Å². The lowest BCUT2D eigenvalue weighted by molar-refractivity contribution is -0.151. The Bertz CT molecular complexity index is 833. The summed E-state index contributed by atoms with van der Waals surface area (Å²) in [5.74, 6) is -1.52. The zero-order valence-electron chi connectivity index (χ0n) is 15.4. The fourth-order valence-electron chi connectivity index (χ4n) is 2.98. The summed E-state index contributed by atoms with van der Waals surface area (Å²) < 4.78 is 5.17. The number of esters is 1. The zero-order valence-corrected chi connectivity index (χ0v) is 15.4. The monoisotopic (exact) mass is 366 g/mol. The summed E-state index contributed by atoms with van der Waals surface area (Å²) in [6, 6.07) is 16.7. The highest BCUT2D eigenvalue weighted by molar-refractivity contribution is 6.00. The first-order valence-electron chi connectivity index (χ1n) is 8.81. The third kappa shape index (κ3) is 4.34. The first-order chi connectivity index (χ1) is 13.0. The van der Waals surface area contributed by atoms with Crippen LogP contribution in [0.5, 0.6) is 0 Å². The number of amides is 2. The van der Waals surface area contributed by atoms with Crippen LogP contribution in [0.25, 0.3) is 0 Å². The Balaban J connectivity index is 1.55. The number of para-hydroxylation sites is 1. The van der Waals surface area contributed by atoms with Crippen LogP contribution in [0.1, 0.15) is 12.0 Å². The standard InChI is InChI=1S/C21H22N2O4/c1-15-8-10-18(11-9-15)23-13-16(12-19(23)24)21(26)27-14-20(25)22(2)17-6-4-3-5-7-17/h3-11,16H,12-14H2,1-2H3/t16-/m1/s1. The van der Waals surface area contributed by atoms with Crippen LogP contribution in [0.4, 0.5) is 11.4 Å². The van der Waals surface area contributed by atoms with Gasteiger partial charge in [0.15, 0.2) is 6.61 Å². The third-order valence-electron chi connectivity index (χ3n) is 4.66. The lowest BCUT2D eigenvalue weighted by atomic mass is 10.1. The number of hydrogen-bond acceptors (Lipinski definition) is 4. The van der Waals surface area contributed by atoms with Crippen molar-refractivity contribution in [2.75, 3.05) is 30.0 Å². The molecule has 6 heteroatoms. The molecular formula is C21H22N2O4. The number of carbonyl (C=O) groups is 3. The third-order valence-corrected chi connectivity index (χ3v) is 4.66. The molecule has 2 aromatic rings. The SMILES string of the molecule is Cc1ccc(N2C[C@H](C(=O)OCC(=O)N(C)c3ccccc3)CC2=O)cc1. The molecule has 1 aliphatic rings. The largest absolute Gasteiger partial charge is 0.455 e. The van der Waals surface area contributed by atoms with Gasteiger partial charge < -0.3 is 14.5 Å². The lowest BCUT2D eigenvalue weighted by Crippen LogP contribution is -2.32. The van der Waals surface area contributed by atoms with Gasteiger partial charge in [-0.3, -0.25) is 14.4 Å². The summed E-state index contributed by atoms with van der Waals surface area (Å²) in [4.78, 5) is 39.8. The van der Waals surface area contributed by atoms with Crippen molar-refractivity contribution in [3.8, 4) is 0 Å². The topological polar surface area (TPSA) is 66.9 Å². The molecule has 27 heavy (non-hydrogen) atoms. The van der Waals surface area contributed by atoms with Crippen molar-refractivity contribution >= 4 is 29.2 Å². The van der Waals surface area contributed by atoms with Crippen LogP contribution in [0.2, 0.25) is 0 Å². The lowest BCUT2D eigenvalue weighted by Gasteiger charge is -2.18. The smallest absolute Gasteiger partial charge is 0.311 e. The van der Waals surface area contributed by atoms with E-state index >= 15 is 0 Å². The Morgan fingerprint density at radius 3 is 2.44 bits per heavy atom. The summed E-state index contributed by atoms with van der Waals surface area (Å²) >= 11 is 0. The Morgan fingerprint density at radius 1 is 1.11 bits per heavy atom. The minimum Gasteiger partial charge on any atom is -0.455 e. The van der Waals surface area contributed by atoms with E-state index in [2.05, 4.69) is 0 Å². The highest BCUT2D eigenvalue weighted by Crippen LogP contribution is 2.26. The van der Waals surface area contributed by atoms with Crippen LogP contribution in [-0.2, 0) is 19.1 Å². The van der Waals surface area contributed by atoms with Crippen LogP contribution in [0.3, 0.4) is 0 Å². The van der Waals surface area contributed by atoms with Crippen molar-refractivity contribution in [3.63, 3.8) is 0 Å². The van der Waals surface area contributed by atoms with Crippen molar-refractivity contribution < 1.29 is 19.1 Å². The number of hydrogen-bond donors (Lipinski definition) is 0. The molecule has 1 atom stereocenters. The van der Waals surface area contributed by atoms with E-state index in [9.17, 15) is 14.4 Å². The maximum atomic E-state index is 12.3. The number of ether oxygens (including phenoxy) is 1. The minimum absolute atomic E-state index is 0.0927. The molecule has 1 fully saturated rings. The molecule has 0 aliphatic carbocycles. The number of anilines is 2. The van der Waals surface area contributed by atoms with Gasteiger partial charge in [-0.1, -0.05) is 35.9 Å². The van der Waals surface area contributed by atoms with Crippen LogP contribution >= 0.6 is 0 Å². The van der Waals surface area contributed by atoms with Gasteiger partial charge >= 0.3 is 5.97 Å². The van der Waals surface area contributed by atoms with Gasteiger partial charge in [0, 0.05) is 31.4 Å². The second kappa shape index (κ2) is 8.03. The van der Waals surface area contributed by atoms with E-state index in [0.717, 1.165) is 16.9 Å². The number of aryl methyl sites for hydroxylation is 1. The van der Waals surface area contributed by atoms with Gasteiger partial charge in [0.25, 0.3) is 5.91 Å². The van der Waals surface area contributed by atoms with Crippen molar-refractivity contribution in [1.82, 2.24) is 0 Å². The molecule has 0 spiro atoms. The summed E-state index contributed by atoms with van der Waals surface area (Å²) in [5, 5.41) is 0. The van der Waals surface area contributed by atoms with E-state index in [1.54, 1.807) is 24.1 Å². The van der Waals surface area contributed by atoms with Crippen LogP contribution in [0.15, 0.2) is 54.6 Å². The minimum atomic E-state index is -0.561. The second-order valence-electron chi connectivity index (χ2n) is 6.64. The fraction of sp³-hybridized carbons (Fsp3) is 0.286. The highest BCUT2D eigenvalue weighted by Gasteiger charge is 2.36. The molecule has 2 amide bonds. The Hall–Kier alpha value is -3.15. The first kappa shape index (κ1) is 18.6. The molecule has 0 saturated carbocycles. The molecule has 2 aromatic carbocycles. The van der Waals surface area contributed by atoms with Crippen molar-refractivity contribution in [2.45, 2.75) is 13.3 Å². The Morgan fingerprint density at radius 2 is 1.78 bits per heavy atom. The molecule has 0 aromatic heterocycles. The normalized spacial score (nSPS) is 16.3. The zero-order chi connectivity index (χ0) is 19.4. The van der Waals surface area contributed by atoms with E-state index in [-0.39, 0.29) is 31.4 Å². The van der Waals surface area contributed by atoms with E-state index in [4.69, 9.17) is 4.74 Å². The van der Waals surface area contributed by atoms with Crippen molar-refractivity contribution in [1.29, 1.82) is 0 Å². The highest BCUT2D eigenvalue weighted by atomic mass is 16.5. The average Bonchev–Trinajstić information content (AvgIpc) is 3.08. The summed E-state index contributed by atoms with van der Waals surface area (Å²) in [7, 11) is 1.63. The summed E-state index contributed by atoms with van der Waals surface area (Å²) in [6.07, 6.45) is 0.0927. The van der Waals surface area contributed by atoms with Gasteiger partial charge in [-0.15, -0.1) is 0 Å². The number of likely N-dealkylation sites (N-methyl/N-ethyl adjacent to an activating group) is 1. The molecule has 1 heterocycles. The molecule has 3 rings (SSSR count). The molecular weight excluding hydrogens is 344 g/mol. The maximum absolute atomic E-state index is 12.3. The van der Waals surface area contributed by atoms with E-state index in [1.165, 1.54) is 4.90 Å². The van der Waals surface area contributed by atoms with Crippen LogP contribution in [-0.4, -0.2) is 38.0 Å². The fourth-order valence-corrected chi connectivity index (χ4v) is 2.98. The molecule has 0 radical (unpaired) electrons. The average molecular weight is 366 g/mol. The Labute approximate surface area is 158 Å². The molecule has 0 unspecified atom stereocenters.